The Morgan fingerprint density at radius 1 is 1.22 bits per heavy atom. The predicted octanol–water partition coefficient (Wildman–Crippen LogP) is 3.32. The first-order chi connectivity index (χ1) is 8.72. The highest BCUT2D eigenvalue weighted by molar-refractivity contribution is 6.05. The van der Waals surface area contributed by atoms with Crippen molar-refractivity contribution in [2.75, 3.05) is 5.32 Å². The summed E-state index contributed by atoms with van der Waals surface area (Å²) in [6.07, 6.45) is 1.59. The predicted molar refractivity (Wildman–Crippen MR) is 69.7 cm³/mol. The van der Waals surface area contributed by atoms with Gasteiger partial charge >= 0.3 is 0 Å². The SMILES string of the molecule is Cc1ccc(NC(=O)c2cc3occc3[nH]2)cc1. The van der Waals surface area contributed by atoms with Gasteiger partial charge in [0.05, 0.1) is 11.8 Å². The number of anilines is 1. The minimum atomic E-state index is -0.176. The number of carbonyl (C=O) groups is 1. The fraction of sp³-hybridized carbons (Fsp3) is 0.0714. The Morgan fingerprint density at radius 2 is 2.00 bits per heavy atom. The summed E-state index contributed by atoms with van der Waals surface area (Å²) in [5.41, 5.74) is 3.93. The molecule has 0 saturated carbocycles. The molecule has 0 spiro atoms. The van der Waals surface area contributed by atoms with Crippen molar-refractivity contribution < 1.29 is 9.21 Å². The summed E-state index contributed by atoms with van der Waals surface area (Å²) in [6, 6.07) is 11.1. The van der Waals surface area contributed by atoms with Crippen molar-refractivity contribution in [3.05, 3.63) is 53.9 Å². The minimum absolute atomic E-state index is 0.176. The van der Waals surface area contributed by atoms with Crippen LogP contribution in [0, 0.1) is 6.92 Å². The van der Waals surface area contributed by atoms with Gasteiger partial charge in [0.25, 0.3) is 5.91 Å². The second kappa shape index (κ2) is 4.07. The van der Waals surface area contributed by atoms with Gasteiger partial charge in [0.15, 0.2) is 5.58 Å². The van der Waals surface area contributed by atoms with Crippen LogP contribution in [0.25, 0.3) is 11.1 Å². The highest BCUT2D eigenvalue weighted by Crippen LogP contribution is 2.17. The summed E-state index contributed by atoms with van der Waals surface area (Å²) in [7, 11) is 0. The lowest BCUT2D eigenvalue weighted by atomic mass is 10.2. The number of furan rings is 1. The highest BCUT2D eigenvalue weighted by atomic mass is 16.3. The zero-order valence-corrected chi connectivity index (χ0v) is 9.86. The number of carbonyl (C=O) groups excluding carboxylic acids is 1. The lowest BCUT2D eigenvalue weighted by Gasteiger charge is -2.03. The maximum Gasteiger partial charge on any atom is 0.272 e. The first-order valence-corrected chi connectivity index (χ1v) is 5.66. The van der Waals surface area contributed by atoms with E-state index in [2.05, 4.69) is 10.3 Å². The molecule has 0 saturated heterocycles. The van der Waals surface area contributed by atoms with Crippen molar-refractivity contribution in [3.8, 4) is 0 Å². The number of aromatic nitrogens is 1. The number of amides is 1. The molecule has 4 heteroatoms. The molecular formula is C14H12N2O2. The normalized spacial score (nSPS) is 10.7. The molecule has 0 radical (unpaired) electrons. The number of rotatable bonds is 2. The molecule has 90 valence electrons. The smallest absolute Gasteiger partial charge is 0.272 e. The maximum atomic E-state index is 12.0. The zero-order valence-electron chi connectivity index (χ0n) is 9.86. The minimum Gasteiger partial charge on any atom is -0.463 e. The van der Waals surface area contributed by atoms with Crippen LogP contribution in [0.2, 0.25) is 0 Å². The summed E-state index contributed by atoms with van der Waals surface area (Å²) < 4.78 is 5.20. The Bertz CT molecular complexity index is 663. The van der Waals surface area contributed by atoms with Gasteiger partial charge in [-0.2, -0.15) is 0 Å². The van der Waals surface area contributed by atoms with Crippen LogP contribution in [0.1, 0.15) is 16.1 Å². The third-order valence-electron chi connectivity index (χ3n) is 2.79. The average molecular weight is 240 g/mol. The molecule has 0 bridgehead atoms. The van der Waals surface area contributed by atoms with Crippen LogP contribution in [0.5, 0.6) is 0 Å². The Morgan fingerprint density at radius 3 is 2.72 bits per heavy atom. The van der Waals surface area contributed by atoms with Gasteiger partial charge in [-0.05, 0) is 19.1 Å². The summed E-state index contributed by atoms with van der Waals surface area (Å²) in [6.45, 7) is 2.00. The molecule has 2 N–H and O–H groups in total. The summed E-state index contributed by atoms with van der Waals surface area (Å²) in [5, 5.41) is 2.82. The lowest BCUT2D eigenvalue weighted by Crippen LogP contribution is -2.12. The van der Waals surface area contributed by atoms with E-state index in [-0.39, 0.29) is 5.91 Å². The molecule has 0 aliphatic carbocycles. The number of benzene rings is 1. The first kappa shape index (κ1) is 10.7. The third kappa shape index (κ3) is 1.88. The molecule has 0 atom stereocenters. The largest absolute Gasteiger partial charge is 0.463 e. The monoisotopic (exact) mass is 240 g/mol. The Balaban J connectivity index is 1.82. The Labute approximate surface area is 104 Å². The topological polar surface area (TPSA) is 58.0 Å². The van der Waals surface area contributed by atoms with Crippen LogP contribution in [0.4, 0.5) is 5.69 Å². The fourth-order valence-electron chi connectivity index (χ4n) is 1.81. The van der Waals surface area contributed by atoms with E-state index >= 15 is 0 Å². The van der Waals surface area contributed by atoms with Crippen molar-refractivity contribution in [3.63, 3.8) is 0 Å². The van der Waals surface area contributed by atoms with Crippen molar-refractivity contribution in [2.45, 2.75) is 6.92 Å². The number of hydrogen-bond donors (Lipinski definition) is 2. The summed E-state index contributed by atoms with van der Waals surface area (Å²) >= 11 is 0. The number of aryl methyl sites for hydroxylation is 1. The molecule has 0 aliphatic rings. The van der Waals surface area contributed by atoms with Gasteiger partial charge in [-0.1, -0.05) is 17.7 Å². The van der Waals surface area contributed by atoms with Gasteiger partial charge in [-0.3, -0.25) is 4.79 Å². The fourth-order valence-corrected chi connectivity index (χ4v) is 1.81. The lowest BCUT2D eigenvalue weighted by molar-refractivity contribution is 0.102. The Kier molecular flexibility index (Phi) is 2.41. The summed E-state index contributed by atoms with van der Waals surface area (Å²) in [5.74, 6) is -0.176. The van der Waals surface area contributed by atoms with Crippen molar-refractivity contribution in [2.24, 2.45) is 0 Å². The van der Waals surface area contributed by atoms with Crippen LogP contribution in [-0.2, 0) is 0 Å². The Hall–Kier alpha value is -2.49. The molecule has 18 heavy (non-hydrogen) atoms. The van der Waals surface area contributed by atoms with E-state index in [0.717, 1.165) is 16.8 Å². The van der Waals surface area contributed by atoms with Crippen molar-refractivity contribution in [1.82, 2.24) is 4.98 Å². The van der Waals surface area contributed by atoms with E-state index in [1.807, 2.05) is 31.2 Å². The van der Waals surface area contributed by atoms with E-state index in [4.69, 9.17) is 4.42 Å². The van der Waals surface area contributed by atoms with E-state index < -0.39 is 0 Å². The van der Waals surface area contributed by atoms with Crippen molar-refractivity contribution >= 4 is 22.7 Å². The average Bonchev–Trinajstić information content (AvgIpc) is 2.92. The van der Waals surface area contributed by atoms with Gasteiger partial charge in [-0.15, -0.1) is 0 Å². The number of hydrogen-bond acceptors (Lipinski definition) is 2. The second-order valence-corrected chi connectivity index (χ2v) is 4.20. The molecular weight excluding hydrogens is 228 g/mol. The van der Waals surface area contributed by atoms with Gasteiger partial charge in [0.1, 0.15) is 5.69 Å². The molecule has 1 aromatic carbocycles. The van der Waals surface area contributed by atoms with E-state index in [1.54, 1.807) is 18.4 Å². The maximum absolute atomic E-state index is 12.0. The number of aromatic amines is 1. The highest BCUT2D eigenvalue weighted by Gasteiger charge is 2.11. The van der Waals surface area contributed by atoms with Gasteiger partial charge in [-0.25, -0.2) is 0 Å². The molecule has 2 aromatic heterocycles. The molecule has 3 rings (SSSR count). The third-order valence-corrected chi connectivity index (χ3v) is 2.79. The van der Waals surface area contributed by atoms with Crippen LogP contribution >= 0.6 is 0 Å². The van der Waals surface area contributed by atoms with Gasteiger partial charge in [0, 0.05) is 17.8 Å². The standard InChI is InChI=1S/C14H12N2O2/c1-9-2-4-10(5-3-9)15-14(17)12-8-13-11(16-12)6-7-18-13/h2-8,16H,1H3,(H,15,17). The molecule has 2 heterocycles. The molecule has 3 aromatic rings. The number of fused-ring (bicyclic) bond motifs is 1. The second-order valence-electron chi connectivity index (χ2n) is 4.20. The molecule has 4 nitrogen and oxygen atoms in total. The van der Waals surface area contributed by atoms with Crippen LogP contribution in [0.15, 0.2) is 47.1 Å². The molecule has 0 unspecified atom stereocenters. The zero-order chi connectivity index (χ0) is 12.5. The van der Waals surface area contributed by atoms with Crippen LogP contribution in [-0.4, -0.2) is 10.9 Å². The molecule has 0 aliphatic heterocycles. The molecule has 0 fully saturated rings. The van der Waals surface area contributed by atoms with Crippen LogP contribution < -0.4 is 5.32 Å². The van der Waals surface area contributed by atoms with E-state index in [1.165, 1.54) is 0 Å². The van der Waals surface area contributed by atoms with Crippen LogP contribution in [0.3, 0.4) is 0 Å². The number of H-pyrrole nitrogens is 1. The molecule has 1 amide bonds. The van der Waals surface area contributed by atoms with Crippen molar-refractivity contribution in [1.29, 1.82) is 0 Å². The quantitative estimate of drug-likeness (QED) is 0.721. The summed E-state index contributed by atoms with van der Waals surface area (Å²) in [4.78, 5) is 15.0. The van der Waals surface area contributed by atoms with Gasteiger partial charge < -0.3 is 14.7 Å². The first-order valence-electron chi connectivity index (χ1n) is 5.66. The number of nitrogens with one attached hydrogen (secondary N) is 2. The van der Waals surface area contributed by atoms with E-state index in [0.29, 0.717) is 11.3 Å². The van der Waals surface area contributed by atoms with E-state index in [9.17, 15) is 4.79 Å². The van der Waals surface area contributed by atoms with Gasteiger partial charge in [0.2, 0.25) is 0 Å².